The predicted molar refractivity (Wildman–Crippen MR) is 85.9 cm³/mol. The van der Waals surface area contributed by atoms with Crippen LogP contribution in [0.25, 0.3) is 0 Å². The number of amides is 2. The van der Waals surface area contributed by atoms with E-state index in [0.29, 0.717) is 19.5 Å². The zero-order valence-electron chi connectivity index (χ0n) is 13.0. The van der Waals surface area contributed by atoms with Crippen LogP contribution < -0.4 is 10.6 Å². The van der Waals surface area contributed by atoms with Gasteiger partial charge in [-0.25, -0.2) is 4.39 Å². The van der Waals surface area contributed by atoms with Gasteiger partial charge < -0.3 is 10.6 Å². The van der Waals surface area contributed by atoms with E-state index in [-0.39, 0.29) is 29.5 Å². The molecule has 6 heteroatoms. The van der Waals surface area contributed by atoms with E-state index in [2.05, 4.69) is 15.6 Å². The Hall–Kier alpha value is -2.76. The average molecular weight is 327 g/mol. The number of pyridine rings is 1. The number of benzene rings is 1. The molecule has 1 heterocycles. The van der Waals surface area contributed by atoms with Gasteiger partial charge in [-0.2, -0.15) is 0 Å². The standard InChI is InChI=1S/C18H18FN3O2/c19-14-3-1-12(2-4-14)10-21-17(23)15-9-16(15)18(24)22-11-13-5-7-20-8-6-13/h1-8,15-16H,9-11H2,(H,21,23)(H,22,24). The molecule has 1 saturated carbocycles. The molecule has 1 aliphatic carbocycles. The van der Waals surface area contributed by atoms with E-state index in [1.807, 2.05) is 12.1 Å². The minimum Gasteiger partial charge on any atom is -0.352 e. The molecule has 1 aliphatic rings. The fourth-order valence-corrected chi connectivity index (χ4v) is 2.52. The van der Waals surface area contributed by atoms with Gasteiger partial charge in [0.1, 0.15) is 5.82 Å². The predicted octanol–water partition coefficient (Wildman–Crippen LogP) is 1.79. The number of carbonyl (C=O) groups excluding carboxylic acids is 2. The molecule has 1 aromatic heterocycles. The lowest BCUT2D eigenvalue weighted by atomic mass is 10.2. The van der Waals surface area contributed by atoms with Crippen molar-refractivity contribution < 1.29 is 14.0 Å². The Balaban J connectivity index is 1.41. The first-order chi connectivity index (χ1) is 11.6. The summed E-state index contributed by atoms with van der Waals surface area (Å²) in [6.45, 7) is 0.767. The normalized spacial score (nSPS) is 18.7. The minimum absolute atomic E-state index is 0.103. The highest BCUT2D eigenvalue weighted by Crippen LogP contribution is 2.38. The number of aromatic nitrogens is 1. The molecule has 5 nitrogen and oxygen atoms in total. The summed E-state index contributed by atoms with van der Waals surface area (Å²) in [4.78, 5) is 28.0. The van der Waals surface area contributed by atoms with Crippen molar-refractivity contribution in [2.24, 2.45) is 11.8 Å². The van der Waals surface area contributed by atoms with E-state index >= 15 is 0 Å². The van der Waals surface area contributed by atoms with Crippen LogP contribution in [0.4, 0.5) is 4.39 Å². The number of halogens is 1. The molecule has 1 aromatic carbocycles. The number of hydrogen-bond donors (Lipinski definition) is 2. The Bertz CT molecular complexity index is 719. The molecular weight excluding hydrogens is 309 g/mol. The van der Waals surface area contributed by atoms with E-state index in [1.54, 1.807) is 24.5 Å². The SMILES string of the molecule is O=C(NCc1ccncc1)C1CC1C(=O)NCc1ccc(F)cc1. The van der Waals surface area contributed by atoms with E-state index in [4.69, 9.17) is 0 Å². The monoisotopic (exact) mass is 327 g/mol. The second-order valence-corrected chi connectivity index (χ2v) is 5.87. The van der Waals surface area contributed by atoms with Gasteiger partial charge in [-0.3, -0.25) is 14.6 Å². The summed E-state index contributed by atoms with van der Waals surface area (Å²) in [7, 11) is 0. The van der Waals surface area contributed by atoms with Gasteiger partial charge in [0, 0.05) is 25.5 Å². The summed E-state index contributed by atoms with van der Waals surface area (Å²) in [6.07, 6.45) is 3.91. The molecule has 3 rings (SSSR count). The van der Waals surface area contributed by atoms with Gasteiger partial charge in [0.05, 0.1) is 11.8 Å². The highest BCUT2D eigenvalue weighted by Gasteiger charge is 2.47. The van der Waals surface area contributed by atoms with Crippen molar-refractivity contribution in [3.05, 3.63) is 65.7 Å². The van der Waals surface area contributed by atoms with Gasteiger partial charge in [-0.15, -0.1) is 0 Å². The van der Waals surface area contributed by atoms with Gasteiger partial charge in [0.15, 0.2) is 0 Å². The highest BCUT2D eigenvalue weighted by atomic mass is 19.1. The van der Waals surface area contributed by atoms with Crippen molar-refractivity contribution in [1.29, 1.82) is 0 Å². The molecule has 0 saturated heterocycles. The topological polar surface area (TPSA) is 71.1 Å². The molecule has 1 fully saturated rings. The maximum atomic E-state index is 12.8. The first kappa shape index (κ1) is 16.1. The van der Waals surface area contributed by atoms with Crippen molar-refractivity contribution in [1.82, 2.24) is 15.6 Å². The average Bonchev–Trinajstić information content (AvgIpc) is 3.41. The maximum absolute atomic E-state index is 12.8. The fourth-order valence-electron chi connectivity index (χ4n) is 2.52. The molecule has 2 amide bonds. The maximum Gasteiger partial charge on any atom is 0.224 e. The lowest BCUT2D eigenvalue weighted by Gasteiger charge is -2.06. The molecule has 124 valence electrons. The first-order valence-corrected chi connectivity index (χ1v) is 7.82. The van der Waals surface area contributed by atoms with Crippen LogP contribution in [0.3, 0.4) is 0 Å². The van der Waals surface area contributed by atoms with Crippen molar-refractivity contribution in [2.45, 2.75) is 19.5 Å². The first-order valence-electron chi connectivity index (χ1n) is 7.82. The van der Waals surface area contributed by atoms with Gasteiger partial charge in [-0.1, -0.05) is 12.1 Å². The second kappa shape index (κ2) is 7.21. The number of nitrogens with one attached hydrogen (secondary N) is 2. The molecule has 2 N–H and O–H groups in total. The lowest BCUT2D eigenvalue weighted by molar-refractivity contribution is -0.127. The third-order valence-corrected chi connectivity index (χ3v) is 4.06. The van der Waals surface area contributed by atoms with E-state index in [9.17, 15) is 14.0 Å². The molecule has 0 bridgehead atoms. The summed E-state index contributed by atoms with van der Waals surface area (Å²) in [5.41, 5.74) is 1.79. The van der Waals surface area contributed by atoms with Crippen molar-refractivity contribution >= 4 is 11.8 Å². The van der Waals surface area contributed by atoms with E-state index in [1.165, 1.54) is 12.1 Å². The van der Waals surface area contributed by atoms with Crippen LogP contribution in [0.5, 0.6) is 0 Å². The summed E-state index contributed by atoms with van der Waals surface area (Å²) in [5, 5.41) is 5.63. The molecule has 2 aromatic rings. The Morgan fingerprint density at radius 1 is 0.917 bits per heavy atom. The Labute approximate surface area is 139 Å². The quantitative estimate of drug-likeness (QED) is 0.850. The number of carbonyl (C=O) groups is 2. The fraction of sp³-hybridized carbons (Fsp3) is 0.278. The van der Waals surface area contributed by atoms with Crippen LogP contribution in [0, 0.1) is 17.7 Å². The second-order valence-electron chi connectivity index (χ2n) is 5.87. The Morgan fingerprint density at radius 2 is 1.42 bits per heavy atom. The molecule has 2 unspecified atom stereocenters. The van der Waals surface area contributed by atoms with Crippen LogP contribution >= 0.6 is 0 Å². The Kier molecular flexibility index (Phi) is 4.84. The summed E-state index contributed by atoms with van der Waals surface area (Å²) in [5.74, 6) is -1.08. The molecular formula is C18H18FN3O2. The minimum atomic E-state index is -0.307. The van der Waals surface area contributed by atoms with Crippen LogP contribution in [0.15, 0.2) is 48.8 Å². The van der Waals surface area contributed by atoms with Crippen LogP contribution in [0.2, 0.25) is 0 Å². The third-order valence-electron chi connectivity index (χ3n) is 4.06. The molecule has 2 atom stereocenters. The summed E-state index contributed by atoms with van der Waals surface area (Å²) >= 11 is 0. The van der Waals surface area contributed by atoms with Crippen LogP contribution in [-0.2, 0) is 22.7 Å². The van der Waals surface area contributed by atoms with Gasteiger partial charge >= 0.3 is 0 Å². The van der Waals surface area contributed by atoms with E-state index < -0.39 is 0 Å². The largest absolute Gasteiger partial charge is 0.352 e. The van der Waals surface area contributed by atoms with Gasteiger partial charge in [0.2, 0.25) is 11.8 Å². The summed E-state index contributed by atoms with van der Waals surface area (Å²) < 4.78 is 12.8. The molecule has 24 heavy (non-hydrogen) atoms. The van der Waals surface area contributed by atoms with Crippen LogP contribution in [-0.4, -0.2) is 16.8 Å². The molecule has 0 aliphatic heterocycles. The number of nitrogens with zero attached hydrogens (tertiary/aromatic N) is 1. The van der Waals surface area contributed by atoms with Crippen molar-refractivity contribution in [3.63, 3.8) is 0 Å². The van der Waals surface area contributed by atoms with Gasteiger partial charge in [0.25, 0.3) is 0 Å². The highest BCUT2D eigenvalue weighted by molar-refractivity contribution is 5.92. The Morgan fingerprint density at radius 3 is 1.96 bits per heavy atom. The van der Waals surface area contributed by atoms with Crippen molar-refractivity contribution in [3.8, 4) is 0 Å². The number of hydrogen-bond acceptors (Lipinski definition) is 3. The zero-order chi connectivity index (χ0) is 16.9. The molecule has 0 radical (unpaired) electrons. The van der Waals surface area contributed by atoms with Crippen molar-refractivity contribution in [2.75, 3.05) is 0 Å². The van der Waals surface area contributed by atoms with Gasteiger partial charge in [-0.05, 0) is 41.8 Å². The zero-order valence-corrected chi connectivity index (χ0v) is 13.0. The smallest absolute Gasteiger partial charge is 0.224 e. The lowest BCUT2D eigenvalue weighted by Crippen LogP contribution is -2.29. The van der Waals surface area contributed by atoms with Crippen LogP contribution in [0.1, 0.15) is 17.5 Å². The number of rotatable bonds is 6. The van der Waals surface area contributed by atoms with E-state index in [0.717, 1.165) is 11.1 Å². The third kappa shape index (κ3) is 4.16. The molecule has 0 spiro atoms. The summed E-state index contributed by atoms with van der Waals surface area (Å²) in [6, 6.07) is 9.63.